The van der Waals surface area contributed by atoms with Crippen LogP contribution in [0.5, 0.6) is 5.75 Å². The molecule has 0 amide bonds. The molecule has 1 unspecified atom stereocenters. The third kappa shape index (κ3) is 7.48. The SMILES string of the molecule is COc1ccc(COCc2cc(C(O)CCC#C[S+](C)C)ccc2Cl)cc1. The van der Waals surface area contributed by atoms with Crippen molar-refractivity contribution in [2.75, 3.05) is 19.6 Å². The molecule has 2 aromatic rings. The Bertz CT molecular complexity index is 778. The molecule has 0 aliphatic heterocycles. The van der Waals surface area contributed by atoms with Gasteiger partial charge in [-0.3, -0.25) is 0 Å². The van der Waals surface area contributed by atoms with Gasteiger partial charge in [0.15, 0.2) is 5.25 Å². The van der Waals surface area contributed by atoms with Crippen molar-refractivity contribution in [2.24, 2.45) is 0 Å². The molecule has 144 valence electrons. The Morgan fingerprint density at radius 3 is 2.52 bits per heavy atom. The van der Waals surface area contributed by atoms with E-state index in [0.29, 0.717) is 31.1 Å². The summed E-state index contributed by atoms with van der Waals surface area (Å²) in [5, 5.41) is 14.2. The van der Waals surface area contributed by atoms with E-state index in [9.17, 15) is 5.11 Å². The smallest absolute Gasteiger partial charge is 0.151 e. The predicted molar refractivity (Wildman–Crippen MR) is 114 cm³/mol. The van der Waals surface area contributed by atoms with Crippen molar-refractivity contribution in [3.63, 3.8) is 0 Å². The van der Waals surface area contributed by atoms with Gasteiger partial charge in [-0.2, -0.15) is 0 Å². The lowest BCUT2D eigenvalue weighted by molar-refractivity contribution is 0.107. The number of hydrogen-bond donors (Lipinski definition) is 1. The molecule has 0 bridgehead atoms. The van der Waals surface area contributed by atoms with E-state index < -0.39 is 6.10 Å². The molecule has 0 fully saturated rings. The van der Waals surface area contributed by atoms with Gasteiger partial charge in [0.25, 0.3) is 0 Å². The fourth-order valence-electron chi connectivity index (χ4n) is 2.48. The average molecular weight is 406 g/mol. The van der Waals surface area contributed by atoms with Crippen LogP contribution in [-0.2, 0) is 28.8 Å². The fraction of sp³-hybridized carbons (Fsp3) is 0.364. The van der Waals surface area contributed by atoms with Crippen molar-refractivity contribution in [2.45, 2.75) is 32.2 Å². The summed E-state index contributed by atoms with van der Waals surface area (Å²) in [6.07, 6.45) is 4.91. The molecule has 0 saturated heterocycles. The van der Waals surface area contributed by atoms with Crippen molar-refractivity contribution in [1.82, 2.24) is 0 Å². The molecule has 0 saturated carbocycles. The second-order valence-electron chi connectivity index (χ2n) is 6.34. The molecule has 1 N–H and O–H groups in total. The summed E-state index contributed by atoms with van der Waals surface area (Å²) in [7, 11) is 1.76. The Kier molecular flexibility index (Phi) is 9.03. The summed E-state index contributed by atoms with van der Waals surface area (Å²) < 4.78 is 10.9. The van der Waals surface area contributed by atoms with E-state index in [1.165, 1.54) is 0 Å². The van der Waals surface area contributed by atoms with E-state index in [1.807, 2.05) is 42.5 Å². The number of ether oxygens (including phenoxy) is 2. The van der Waals surface area contributed by atoms with Crippen molar-refractivity contribution in [3.8, 4) is 16.9 Å². The van der Waals surface area contributed by atoms with Crippen LogP contribution in [0.4, 0.5) is 0 Å². The number of hydrogen-bond acceptors (Lipinski definition) is 3. The third-order valence-corrected chi connectivity index (χ3v) is 4.88. The minimum absolute atomic E-state index is 0.113. The first kappa shape index (κ1) is 21.7. The maximum absolute atomic E-state index is 10.4. The van der Waals surface area contributed by atoms with Gasteiger partial charge in [-0.05, 0) is 53.3 Å². The lowest BCUT2D eigenvalue weighted by Crippen LogP contribution is -2.01. The highest BCUT2D eigenvalue weighted by Crippen LogP contribution is 2.25. The molecule has 2 rings (SSSR count). The Hall–Kier alpha value is -1.64. The zero-order valence-corrected chi connectivity index (χ0v) is 17.6. The van der Waals surface area contributed by atoms with E-state index in [1.54, 1.807) is 7.11 Å². The third-order valence-electron chi connectivity index (χ3n) is 3.96. The van der Waals surface area contributed by atoms with Crippen LogP contribution in [-0.4, -0.2) is 24.7 Å². The number of aliphatic hydroxyl groups excluding tert-OH is 1. The zero-order chi connectivity index (χ0) is 19.6. The average Bonchev–Trinajstić information content (AvgIpc) is 2.67. The number of aliphatic hydroxyl groups is 1. The van der Waals surface area contributed by atoms with Gasteiger partial charge >= 0.3 is 0 Å². The number of rotatable bonds is 8. The maximum atomic E-state index is 10.4. The molecule has 0 aromatic heterocycles. The zero-order valence-electron chi connectivity index (χ0n) is 16.0. The minimum Gasteiger partial charge on any atom is -0.497 e. The van der Waals surface area contributed by atoms with Crippen molar-refractivity contribution in [1.29, 1.82) is 0 Å². The Morgan fingerprint density at radius 2 is 1.85 bits per heavy atom. The van der Waals surface area contributed by atoms with Gasteiger partial charge in [-0.25, -0.2) is 0 Å². The van der Waals surface area contributed by atoms with Crippen LogP contribution in [0, 0.1) is 11.2 Å². The highest BCUT2D eigenvalue weighted by atomic mass is 35.5. The van der Waals surface area contributed by atoms with Crippen LogP contribution in [0.2, 0.25) is 5.02 Å². The molecule has 27 heavy (non-hydrogen) atoms. The van der Waals surface area contributed by atoms with E-state index in [0.717, 1.165) is 22.4 Å². The van der Waals surface area contributed by atoms with Gasteiger partial charge in [-0.15, -0.1) is 0 Å². The Balaban J connectivity index is 1.90. The minimum atomic E-state index is -0.549. The molecule has 0 spiro atoms. The molecular weight excluding hydrogens is 380 g/mol. The van der Waals surface area contributed by atoms with Crippen LogP contribution >= 0.6 is 11.6 Å². The van der Waals surface area contributed by atoms with Crippen LogP contribution in [0.25, 0.3) is 0 Å². The Labute approximate surface area is 170 Å². The first-order valence-corrected chi connectivity index (χ1v) is 11.1. The summed E-state index contributed by atoms with van der Waals surface area (Å²) >= 11 is 6.28. The fourth-order valence-corrected chi connectivity index (χ4v) is 3.05. The molecule has 3 nitrogen and oxygen atoms in total. The number of methoxy groups -OCH3 is 1. The predicted octanol–water partition coefficient (Wildman–Crippen LogP) is 4.72. The van der Waals surface area contributed by atoms with Gasteiger partial charge < -0.3 is 14.6 Å². The molecule has 2 aromatic carbocycles. The summed E-state index contributed by atoms with van der Waals surface area (Å²) in [6.45, 7) is 0.873. The van der Waals surface area contributed by atoms with E-state index in [4.69, 9.17) is 21.1 Å². The summed E-state index contributed by atoms with van der Waals surface area (Å²) in [5.41, 5.74) is 2.78. The standard InChI is InChI=1S/C22H26ClO3S/c1-25-20-10-7-17(8-11-20)15-26-16-19-14-18(9-12-21(19)23)22(24)6-4-5-13-27(2)3/h7-12,14,22,24H,4,6,15-16H2,1-3H3/q+1. The molecule has 0 heterocycles. The van der Waals surface area contributed by atoms with Gasteiger partial charge in [-0.1, -0.05) is 29.8 Å². The number of halogens is 1. The van der Waals surface area contributed by atoms with Crippen LogP contribution in [0.1, 0.15) is 35.6 Å². The molecule has 0 radical (unpaired) electrons. The summed E-state index contributed by atoms with van der Waals surface area (Å²) in [4.78, 5) is 0. The highest BCUT2D eigenvalue weighted by Gasteiger charge is 2.10. The van der Waals surface area contributed by atoms with Gasteiger partial charge in [0.2, 0.25) is 0 Å². The molecule has 0 aliphatic carbocycles. The second-order valence-corrected chi connectivity index (χ2v) is 8.59. The second kappa shape index (κ2) is 11.3. The largest absolute Gasteiger partial charge is 0.497 e. The Morgan fingerprint density at radius 1 is 1.11 bits per heavy atom. The highest BCUT2D eigenvalue weighted by molar-refractivity contribution is 8.00. The normalized spacial score (nSPS) is 11.8. The van der Waals surface area contributed by atoms with Crippen LogP contribution in [0.3, 0.4) is 0 Å². The first-order valence-electron chi connectivity index (χ1n) is 8.72. The van der Waals surface area contributed by atoms with Crippen molar-refractivity contribution < 1.29 is 14.6 Å². The first-order chi connectivity index (χ1) is 13.0. The van der Waals surface area contributed by atoms with E-state index in [2.05, 4.69) is 23.7 Å². The molecular formula is C22H26ClO3S+. The van der Waals surface area contributed by atoms with Crippen molar-refractivity contribution >= 4 is 22.5 Å². The molecule has 1 atom stereocenters. The monoisotopic (exact) mass is 405 g/mol. The topological polar surface area (TPSA) is 38.7 Å². The lowest BCUT2D eigenvalue weighted by Gasteiger charge is -2.13. The van der Waals surface area contributed by atoms with Gasteiger partial charge in [0.1, 0.15) is 18.3 Å². The van der Waals surface area contributed by atoms with Gasteiger partial charge in [0, 0.05) is 11.4 Å². The summed E-state index contributed by atoms with van der Waals surface area (Å²) in [6, 6.07) is 13.3. The van der Waals surface area contributed by atoms with Crippen molar-refractivity contribution in [3.05, 3.63) is 64.2 Å². The molecule has 0 aliphatic rings. The van der Waals surface area contributed by atoms with Gasteiger partial charge in [0.05, 0.1) is 37.3 Å². The maximum Gasteiger partial charge on any atom is 0.151 e. The van der Waals surface area contributed by atoms with E-state index >= 15 is 0 Å². The van der Waals surface area contributed by atoms with Crippen LogP contribution < -0.4 is 4.74 Å². The number of benzene rings is 2. The van der Waals surface area contributed by atoms with Crippen LogP contribution in [0.15, 0.2) is 42.5 Å². The quantitative estimate of drug-likeness (QED) is 0.510. The lowest BCUT2D eigenvalue weighted by atomic mass is 10.0. The molecule has 5 heteroatoms. The summed E-state index contributed by atoms with van der Waals surface area (Å²) in [5.74, 6) is 3.94. The van der Waals surface area contributed by atoms with E-state index in [-0.39, 0.29) is 10.9 Å².